The molecule has 0 aliphatic heterocycles. The van der Waals surface area contributed by atoms with Crippen molar-refractivity contribution in [2.24, 2.45) is 5.73 Å². The Morgan fingerprint density at radius 3 is 2.56 bits per heavy atom. The number of hydrogen-bond acceptors (Lipinski definition) is 2. The molecule has 0 heterocycles. The van der Waals surface area contributed by atoms with Gasteiger partial charge in [0.15, 0.2) is 0 Å². The van der Waals surface area contributed by atoms with Gasteiger partial charge in [-0.1, -0.05) is 44.5 Å². The zero-order valence-electron chi connectivity index (χ0n) is 11.7. The number of benzene rings is 1. The van der Waals surface area contributed by atoms with Gasteiger partial charge in [0.05, 0.1) is 0 Å². The second-order valence-electron chi connectivity index (χ2n) is 5.63. The average molecular weight is 246 g/mol. The van der Waals surface area contributed by atoms with Crippen molar-refractivity contribution >= 4 is 0 Å². The summed E-state index contributed by atoms with van der Waals surface area (Å²) in [7, 11) is 0. The smallest absolute Gasteiger partial charge is 0.0222 e. The Morgan fingerprint density at radius 2 is 2.00 bits per heavy atom. The molecular formula is C16H26N2. The fourth-order valence-corrected chi connectivity index (χ4v) is 2.69. The summed E-state index contributed by atoms with van der Waals surface area (Å²) >= 11 is 0. The van der Waals surface area contributed by atoms with Gasteiger partial charge in [-0.05, 0) is 36.3 Å². The van der Waals surface area contributed by atoms with Crippen LogP contribution in [0.1, 0.15) is 56.6 Å². The zero-order valence-corrected chi connectivity index (χ0v) is 11.7. The van der Waals surface area contributed by atoms with Crippen LogP contribution in [0.4, 0.5) is 0 Å². The highest BCUT2D eigenvalue weighted by Gasteiger charge is 2.22. The summed E-state index contributed by atoms with van der Waals surface area (Å²) < 4.78 is 0. The van der Waals surface area contributed by atoms with Gasteiger partial charge in [-0.15, -0.1) is 0 Å². The maximum atomic E-state index is 6.06. The molecule has 3 unspecified atom stereocenters. The van der Waals surface area contributed by atoms with Crippen molar-refractivity contribution in [2.45, 2.75) is 64.1 Å². The molecule has 1 aliphatic carbocycles. The van der Waals surface area contributed by atoms with Crippen molar-refractivity contribution in [3.8, 4) is 0 Å². The first-order valence-electron chi connectivity index (χ1n) is 7.28. The molecule has 0 radical (unpaired) electrons. The third-order valence-electron chi connectivity index (χ3n) is 4.30. The minimum atomic E-state index is 0.351. The lowest BCUT2D eigenvalue weighted by Gasteiger charge is -2.17. The van der Waals surface area contributed by atoms with Crippen LogP contribution < -0.4 is 11.1 Å². The van der Waals surface area contributed by atoms with E-state index in [4.69, 9.17) is 5.73 Å². The second-order valence-corrected chi connectivity index (χ2v) is 5.63. The highest BCUT2D eigenvalue weighted by atomic mass is 15.0. The lowest BCUT2D eigenvalue weighted by Crippen LogP contribution is -2.40. The number of nitrogens with one attached hydrogen (secondary N) is 1. The van der Waals surface area contributed by atoms with Gasteiger partial charge in [-0.25, -0.2) is 0 Å². The van der Waals surface area contributed by atoms with Crippen LogP contribution in [0.2, 0.25) is 0 Å². The molecule has 1 saturated carbocycles. The monoisotopic (exact) mass is 246 g/mol. The van der Waals surface area contributed by atoms with E-state index in [9.17, 15) is 0 Å². The van der Waals surface area contributed by atoms with Crippen molar-refractivity contribution < 1.29 is 0 Å². The molecule has 2 rings (SSSR count). The average Bonchev–Trinajstić information content (AvgIpc) is 2.81. The summed E-state index contributed by atoms with van der Waals surface area (Å²) in [6.45, 7) is 5.46. The molecule has 18 heavy (non-hydrogen) atoms. The van der Waals surface area contributed by atoms with Crippen molar-refractivity contribution in [3.05, 3.63) is 35.4 Å². The normalized spacial score (nSPS) is 25.3. The first-order valence-corrected chi connectivity index (χ1v) is 7.28. The summed E-state index contributed by atoms with van der Waals surface area (Å²) in [6, 6.07) is 9.88. The number of nitrogens with two attached hydrogens (primary N) is 1. The summed E-state index contributed by atoms with van der Waals surface area (Å²) in [4.78, 5) is 0. The van der Waals surface area contributed by atoms with Crippen LogP contribution in [0, 0.1) is 0 Å². The van der Waals surface area contributed by atoms with E-state index in [2.05, 4.69) is 43.4 Å². The number of hydrogen-bond donors (Lipinski definition) is 2. The lowest BCUT2D eigenvalue weighted by molar-refractivity contribution is 0.475. The molecule has 0 bridgehead atoms. The Bertz CT molecular complexity index is 358. The van der Waals surface area contributed by atoms with E-state index < -0.39 is 0 Å². The van der Waals surface area contributed by atoms with Gasteiger partial charge in [0.25, 0.3) is 0 Å². The topological polar surface area (TPSA) is 38.0 Å². The van der Waals surface area contributed by atoms with Gasteiger partial charge in [-0.3, -0.25) is 0 Å². The van der Waals surface area contributed by atoms with Crippen LogP contribution in [-0.4, -0.2) is 12.1 Å². The van der Waals surface area contributed by atoms with E-state index in [1.807, 2.05) is 0 Å². The molecule has 3 atom stereocenters. The van der Waals surface area contributed by atoms with E-state index >= 15 is 0 Å². The lowest BCUT2D eigenvalue weighted by atomic mass is 9.97. The maximum absolute atomic E-state index is 6.06. The Labute approximate surface area is 111 Å². The second kappa shape index (κ2) is 6.35. The Balaban J connectivity index is 1.86. The minimum Gasteiger partial charge on any atom is -0.326 e. The van der Waals surface area contributed by atoms with Gasteiger partial charge in [-0.2, -0.15) is 0 Å². The van der Waals surface area contributed by atoms with Gasteiger partial charge >= 0.3 is 0 Å². The van der Waals surface area contributed by atoms with Crippen LogP contribution in [0.15, 0.2) is 24.3 Å². The van der Waals surface area contributed by atoms with Crippen molar-refractivity contribution in [2.75, 3.05) is 0 Å². The molecular weight excluding hydrogens is 220 g/mol. The first-order chi connectivity index (χ1) is 8.70. The Hall–Kier alpha value is -0.860. The standard InChI is InChI=1S/C16H26N2/c1-3-12(2)14-9-7-13(8-10-14)11-18-16-6-4-5-15(16)17/h7-10,12,15-16,18H,3-6,11,17H2,1-2H3. The molecule has 0 saturated heterocycles. The van der Waals surface area contributed by atoms with E-state index in [0.717, 1.165) is 6.54 Å². The van der Waals surface area contributed by atoms with E-state index in [0.29, 0.717) is 18.0 Å². The summed E-state index contributed by atoms with van der Waals surface area (Å²) in [5.41, 5.74) is 8.87. The molecule has 1 fully saturated rings. The molecule has 1 aliphatic rings. The van der Waals surface area contributed by atoms with Crippen LogP contribution in [0.3, 0.4) is 0 Å². The highest BCUT2D eigenvalue weighted by molar-refractivity contribution is 5.25. The quantitative estimate of drug-likeness (QED) is 0.837. The van der Waals surface area contributed by atoms with Crippen molar-refractivity contribution in [3.63, 3.8) is 0 Å². The van der Waals surface area contributed by atoms with Crippen LogP contribution in [-0.2, 0) is 6.54 Å². The van der Waals surface area contributed by atoms with Gasteiger partial charge in [0, 0.05) is 18.6 Å². The third-order valence-corrected chi connectivity index (χ3v) is 4.30. The SMILES string of the molecule is CCC(C)c1ccc(CNC2CCCC2N)cc1. The predicted molar refractivity (Wildman–Crippen MR) is 77.6 cm³/mol. The van der Waals surface area contributed by atoms with Crippen LogP contribution in [0.25, 0.3) is 0 Å². The van der Waals surface area contributed by atoms with Crippen LogP contribution >= 0.6 is 0 Å². The molecule has 0 amide bonds. The fourth-order valence-electron chi connectivity index (χ4n) is 2.69. The fraction of sp³-hybridized carbons (Fsp3) is 0.625. The molecule has 1 aromatic carbocycles. The molecule has 1 aromatic rings. The molecule has 2 nitrogen and oxygen atoms in total. The van der Waals surface area contributed by atoms with E-state index in [-0.39, 0.29) is 0 Å². The molecule has 0 spiro atoms. The largest absolute Gasteiger partial charge is 0.326 e. The predicted octanol–water partition coefficient (Wildman–Crippen LogP) is 3.17. The maximum Gasteiger partial charge on any atom is 0.0222 e. The van der Waals surface area contributed by atoms with Crippen LogP contribution in [0.5, 0.6) is 0 Å². The van der Waals surface area contributed by atoms with Crippen molar-refractivity contribution in [1.29, 1.82) is 0 Å². The van der Waals surface area contributed by atoms with Crippen molar-refractivity contribution in [1.82, 2.24) is 5.32 Å². The summed E-state index contributed by atoms with van der Waals surface area (Å²) in [5, 5.41) is 3.59. The summed E-state index contributed by atoms with van der Waals surface area (Å²) in [5.74, 6) is 0.662. The zero-order chi connectivity index (χ0) is 13.0. The number of rotatable bonds is 5. The minimum absolute atomic E-state index is 0.351. The molecule has 0 aromatic heterocycles. The van der Waals surface area contributed by atoms with Gasteiger partial charge in [0.1, 0.15) is 0 Å². The Morgan fingerprint density at radius 1 is 1.28 bits per heavy atom. The molecule has 100 valence electrons. The first kappa shape index (κ1) is 13.6. The van der Waals surface area contributed by atoms with E-state index in [1.165, 1.54) is 36.8 Å². The summed E-state index contributed by atoms with van der Waals surface area (Å²) in [6.07, 6.45) is 4.87. The van der Waals surface area contributed by atoms with E-state index in [1.54, 1.807) is 0 Å². The molecule has 3 N–H and O–H groups in total. The van der Waals surface area contributed by atoms with Gasteiger partial charge in [0.2, 0.25) is 0 Å². The molecule has 2 heteroatoms. The van der Waals surface area contributed by atoms with Gasteiger partial charge < -0.3 is 11.1 Å². The highest BCUT2D eigenvalue weighted by Crippen LogP contribution is 2.20. The Kier molecular flexibility index (Phi) is 4.79. The third kappa shape index (κ3) is 3.33.